The van der Waals surface area contributed by atoms with Crippen molar-refractivity contribution in [2.75, 3.05) is 13.7 Å². The fraction of sp³-hybridized carbons (Fsp3) is 0.762. The Labute approximate surface area is 168 Å². The lowest BCUT2D eigenvalue weighted by atomic mass is 9.95. The highest BCUT2D eigenvalue weighted by molar-refractivity contribution is 5.88. The summed E-state index contributed by atoms with van der Waals surface area (Å²) in [4.78, 5) is 38.8. The SMILES string of the molecule is C=CCCCCC[C@H](CC(=O)OC(C)(C)C)C(=O)N1C[C@@H](O)C[C@H]1C(=O)OC. The number of methoxy groups -OCH3 is 1. The molecule has 0 aromatic carbocycles. The molecule has 1 N–H and O–H groups in total. The van der Waals surface area contributed by atoms with Gasteiger partial charge in [0.1, 0.15) is 11.6 Å². The number of β-amino-alcohol motifs (C(OH)–C–C–N with tert-alkyl or cyclic N) is 1. The van der Waals surface area contributed by atoms with Gasteiger partial charge in [0.05, 0.1) is 19.6 Å². The fourth-order valence-corrected chi connectivity index (χ4v) is 3.40. The van der Waals surface area contributed by atoms with Gasteiger partial charge in [-0.3, -0.25) is 9.59 Å². The molecule has 0 aliphatic carbocycles. The van der Waals surface area contributed by atoms with Gasteiger partial charge in [0, 0.05) is 18.9 Å². The van der Waals surface area contributed by atoms with E-state index in [9.17, 15) is 19.5 Å². The first-order valence-electron chi connectivity index (χ1n) is 9.98. The van der Waals surface area contributed by atoms with Crippen LogP contribution in [0.15, 0.2) is 12.7 Å². The molecule has 0 aromatic heterocycles. The van der Waals surface area contributed by atoms with Crippen molar-refractivity contribution in [3.8, 4) is 0 Å². The standard InChI is InChI=1S/C21H35NO6/c1-6-7-8-9-10-11-15(12-18(24)28-21(2,3)4)19(25)22-14-16(23)13-17(22)20(26)27-5/h6,15-17,23H,1,7-14H2,2-5H3/t15-,16+,17+/m1/s1. The molecular weight excluding hydrogens is 362 g/mol. The summed E-state index contributed by atoms with van der Waals surface area (Å²) in [6.45, 7) is 9.10. The van der Waals surface area contributed by atoms with Crippen molar-refractivity contribution in [1.29, 1.82) is 0 Å². The van der Waals surface area contributed by atoms with Crippen molar-refractivity contribution in [3.05, 3.63) is 12.7 Å². The summed E-state index contributed by atoms with van der Waals surface area (Å²) in [5, 5.41) is 9.95. The third-order valence-electron chi connectivity index (χ3n) is 4.68. The van der Waals surface area contributed by atoms with E-state index in [1.807, 2.05) is 6.08 Å². The number of amides is 1. The molecule has 0 unspecified atom stereocenters. The van der Waals surface area contributed by atoms with Gasteiger partial charge in [-0.2, -0.15) is 0 Å². The number of esters is 2. The molecule has 0 saturated carbocycles. The Morgan fingerprint density at radius 3 is 2.50 bits per heavy atom. The second-order valence-corrected chi connectivity index (χ2v) is 8.33. The molecule has 0 bridgehead atoms. The van der Waals surface area contributed by atoms with Gasteiger partial charge in [-0.05, 0) is 40.0 Å². The van der Waals surface area contributed by atoms with Crippen molar-refractivity contribution >= 4 is 17.8 Å². The second kappa shape index (κ2) is 11.2. The van der Waals surface area contributed by atoms with E-state index in [-0.39, 0.29) is 25.3 Å². The molecule has 7 heteroatoms. The van der Waals surface area contributed by atoms with E-state index in [1.165, 1.54) is 12.0 Å². The fourth-order valence-electron chi connectivity index (χ4n) is 3.40. The Hall–Kier alpha value is -1.89. The molecule has 1 heterocycles. The number of nitrogens with zero attached hydrogens (tertiary/aromatic N) is 1. The first-order valence-corrected chi connectivity index (χ1v) is 9.98. The average molecular weight is 398 g/mol. The van der Waals surface area contributed by atoms with E-state index >= 15 is 0 Å². The Morgan fingerprint density at radius 1 is 1.25 bits per heavy atom. The number of carbonyl (C=O) groups is 3. The molecule has 7 nitrogen and oxygen atoms in total. The number of hydrogen-bond donors (Lipinski definition) is 1. The van der Waals surface area contributed by atoms with Gasteiger partial charge in [0.15, 0.2) is 0 Å². The van der Waals surface area contributed by atoms with Gasteiger partial charge < -0.3 is 19.5 Å². The largest absolute Gasteiger partial charge is 0.467 e. The number of carbonyl (C=O) groups excluding carboxylic acids is 3. The smallest absolute Gasteiger partial charge is 0.328 e. The van der Waals surface area contributed by atoms with E-state index in [4.69, 9.17) is 9.47 Å². The number of hydrogen-bond acceptors (Lipinski definition) is 6. The van der Waals surface area contributed by atoms with Crippen LogP contribution in [0.4, 0.5) is 0 Å². The van der Waals surface area contributed by atoms with Crippen molar-refractivity contribution in [2.24, 2.45) is 5.92 Å². The van der Waals surface area contributed by atoms with Crippen LogP contribution in [0.1, 0.15) is 65.7 Å². The van der Waals surface area contributed by atoms with Crippen molar-refractivity contribution in [3.63, 3.8) is 0 Å². The average Bonchev–Trinajstić information content (AvgIpc) is 2.99. The second-order valence-electron chi connectivity index (χ2n) is 8.33. The first kappa shape index (κ1) is 24.1. The van der Waals surface area contributed by atoms with E-state index in [0.29, 0.717) is 6.42 Å². The maximum Gasteiger partial charge on any atom is 0.328 e. The maximum absolute atomic E-state index is 13.1. The van der Waals surface area contributed by atoms with Crippen molar-refractivity contribution < 1.29 is 29.0 Å². The summed E-state index contributed by atoms with van der Waals surface area (Å²) >= 11 is 0. The van der Waals surface area contributed by atoms with E-state index in [2.05, 4.69) is 6.58 Å². The summed E-state index contributed by atoms with van der Waals surface area (Å²) in [7, 11) is 1.26. The number of allylic oxidation sites excluding steroid dienone is 1. The molecule has 1 fully saturated rings. The molecular formula is C21H35NO6. The lowest BCUT2D eigenvalue weighted by Gasteiger charge is -2.28. The van der Waals surface area contributed by atoms with Gasteiger partial charge >= 0.3 is 11.9 Å². The van der Waals surface area contributed by atoms with Crippen molar-refractivity contribution in [2.45, 2.75) is 83.5 Å². The summed E-state index contributed by atoms with van der Waals surface area (Å²) in [6.07, 6.45) is 5.31. The summed E-state index contributed by atoms with van der Waals surface area (Å²) in [5.74, 6) is -1.88. The number of likely N-dealkylation sites (tertiary alicyclic amines) is 1. The highest BCUT2D eigenvalue weighted by Crippen LogP contribution is 2.26. The van der Waals surface area contributed by atoms with Gasteiger partial charge in [0.25, 0.3) is 0 Å². The Kier molecular flexibility index (Phi) is 9.65. The van der Waals surface area contributed by atoms with Crippen molar-refractivity contribution in [1.82, 2.24) is 4.90 Å². The molecule has 28 heavy (non-hydrogen) atoms. The molecule has 1 amide bonds. The van der Waals surface area contributed by atoms with Crippen LogP contribution in [-0.4, -0.2) is 59.3 Å². The number of aliphatic hydroxyl groups is 1. The first-order chi connectivity index (χ1) is 13.1. The number of aliphatic hydroxyl groups excluding tert-OH is 1. The maximum atomic E-state index is 13.1. The molecule has 160 valence electrons. The minimum absolute atomic E-state index is 0.0436. The van der Waals surface area contributed by atoms with Crippen LogP contribution in [0.25, 0.3) is 0 Å². The lowest BCUT2D eigenvalue weighted by Crippen LogP contribution is -2.45. The Bertz CT molecular complexity index is 554. The number of unbranched alkanes of at least 4 members (excludes halogenated alkanes) is 3. The molecule has 1 aliphatic rings. The summed E-state index contributed by atoms with van der Waals surface area (Å²) < 4.78 is 10.1. The van der Waals surface area contributed by atoms with Crippen LogP contribution in [0.2, 0.25) is 0 Å². The monoisotopic (exact) mass is 397 g/mol. The highest BCUT2D eigenvalue weighted by atomic mass is 16.6. The van der Waals surface area contributed by atoms with Crippen LogP contribution in [0, 0.1) is 5.92 Å². The van der Waals surface area contributed by atoms with Crippen LogP contribution >= 0.6 is 0 Å². The Morgan fingerprint density at radius 2 is 1.93 bits per heavy atom. The minimum atomic E-state index is -0.811. The molecule has 3 atom stereocenters. The van der Waals surface area contributed by atoms with Gasteiger partial charge in [0.2, 0.25) is 5.91 Å². The topological polar surface area (TPSA) is 93.1 Å². The lowest BCUT2D eigenvalue weighted by molar-refractivity contribution is -0.159. The molecule has 0 radical (unpaired) electrons. The summed E-state index contributed by atoms with van der Waals surface area (Å²) in [6, 6.07) is -0.811. The van der Waals surface area contributed by atoms with Gasteiger partial charge in [-0.25, -0.2) is 4.79 Å². The van der Waals surface area contributed by atoms with E-state index in [1.54, 1.807) is 20.8 Å². The quantitative estimate of drug-likeness (QED) is 0.346. The number of ether oxygens (including phenoxy) is 2. The van der Waals surface area contributed by atoms with Gasteiger partial charge in [-0.1, -0.05) is 18.9 Å². The van der Waals surface area contributed by atoms with Crippen LogP contribution in [0.5, 0.6) is 0 Å². The van der Waals surface area contributed by atoms with E-state index in [0.717, 1.165) is 25.7 Å². The Balaban J connectivity index is 2.85. The predicted molar refractivity (Wildman–Crippen MR) is 105 cm³/mol. The van der Waals surface area contributed by atoms with Gasteiger partial charge in [-0.15, -0.1) is 6.58 Å². The molecule has 1 saturated heterocycles. The molecule has 1 rings (SSSR count). The molecule has 1 aliphatic heterocycles. The molecule has 0 aromatic rings. The van der Waals surface area contributed by atoms with Crippen LogP contribution in [0.3, 0.4) is 0 Å². The van der Waals surface area contributed by atoms with Crippen LogP contribution in [-0.2, 0) is 23.9 Å². The summed E-state index contributed by atoms with van der Waals surface area (Å²) in [5.41, 5.74) is -0.632. The normalized spacial score (nSPS) is 20.5. The third kappa shape index (κ3) is 8.00. The zero-order valence-corrected chi connectivity index (χ0v) is 17.6. The van der Waals surface area contributed by atoms with Crippen LogP contribution < -0.4 is 0 Å². The zero-order valence-electron chi connectivity index (χ0n) is 17.6. The highest BCUT2D eigenvalue weighted by Gasteiger charge is 2.42. The third-order valence-corrected chi connectivity index (χ3v) is 4.68. The predicted octanol–water partition coefficient (Wildman–Crippen LogP) is 2.61. The molecule has 0 spiro atoms. The number of rotatable bonds is 10. The minimum Gasteiger partial charge on any atom is -0.467 e. The van der Waals surface area contributed by atoms with E-state index < -0.39 is 35.6 Å². The zero-order chi connectivity index (χ0) is 21.3.